The Morgan fingerprint density at radius 3 is 2.83 bits per heavy atom. The minimum Gasteiger partial charge on any atom is -0.297 e. The smallest absolute Gasteiger partial charge is 0.277 e. The third-order valence-electron chi connectivity index (χ3n) is 4.23. The zero-order valence-corrected chi connectivity index (χ0v) is 14.7. The fourth-order valence-corrected chi connectivity index (χ4v) is 3.37. The molecule has 0 radical (unpaired) electrons. The van der Waals surface area contributed by atoms with Crippen molar-refractivity contribution in [2.75, 3.05) is 18.4 Å². The fourth-order valence-electron chi connectivity index (χ4n) is 2.67. The van der Waals surface area contributed by atoms with Crippen LogP contribution in [-0.4, -0.2) is 38.7 Å². The summed E-state index contributed by atoms with van der Waals surface area (Å²) in [6, 6.07) is 2.74. The molecule has 3 heterocycles. The summed E-state index contributed by atoms with van der Waals surface area (Å²) in [7, 11) is 1.51. The van der Waals surface area contributed by atoms with E-state index in [1.165, 1.54) is 43.4 Å². The lowest BCUT2D eigenvalue weighted by Gasteiger charge is -2.29. The number of aromatic nitrogens is 3. The van der Waals surface area contributed by atoms with Crippen molar-refractivity contribution in [2.45, 2.75) is 26.3 Å². The second-order valence-electron chi connectivity index (χ2n) is 6.24. The third kappa shape index (κ3) is 4.07. The van der Waals surface area contributed by atoms with Crippen LogP contribution in [0.3, 0.4) is 0 Å². The molecule has 0 atom stereocenters. The van der Waals surface area contributed by atoms with Crippen molar-refractivity contribution in [3.8, 4) is 0 Å². The molecule has 0 bridgehead atoms. The quantitative estimate of drug-likeness (QED) is 0.911. The Kier molecular flexibility index (Phi) is 5.06. The highest BCUT2D eigenvalue weighted by atomic mass is 32.1. The molecule has 3 rings (SSSR count). The summed E-state index contributed by atoms with van der Waals surface area (Å²) < 4.78 is 1.14. The van der Waals surface area contributed by atoms with E-state index in [-0.39, 0.29) is 17.2 Å². The van der Waals surface area contributed by atoms with Gasteiger partial charge in [0.05, 0.1) is 5.69 Å². The second-order valence-corrected chi connectivity index (χ2v) is 7.10. The predicted octanol–water partition coefficient (Wildman–Crippen LogP) is 1.72. The van der Waals surface area contributed by atoms with E-state index in [0.717, 1.165) is 35.9 Å². The average Bonchev–Trinajstić information content (AvgIpc) is 2.99. The molecular formula is C16H21N5O2S. The highest BCUT2D eigenvalue weighted by molar-refractivity contribution is 7.13. The monoisotopic (exact) mass is 347 g/mol. The predicted molar refractivity (Wildman–Crippen MR) is 93.2 cm³/mol. The number of likely N-dealkylation sites (tertiary alicyclic amines) is 1. The van der Waals surface area contributed by atoms with Gasteiger partial charge in [-0.1, -0.05) is 6.92 Å². The summed E-state index contributed by atoms with van der Waals surface area (Å²) >= 11 is 1.40. The molecular weight excluding hydrogens is 326 g/mol. The number of nitrogens with zero attached hydrogens (tertiary/aromatic N) is 4. The van der Waals surface area contributed by atoms with Crippen molar-refractivity contribution >= 4 is 22.4 Å². The number of anilines is 1. The van der Waals surface area contributed by atoms with Gasteiger partial charge in [-0.05, 0) is 37.9 Å². The molecule has 8 heteroatoms. The molecule has 1 aliphatic heterocycles. The molecule has 0 aliphatic carbocycles. The van der Waals surface area contributed by atoms with E-state index in [1.807, 2.05) is 5.38 Å². The van der Waals surface area contributed by atoms with Gasteiger partial charge in [-0.25, -0.2) is 9.67 Å². The molecule has 0 saturated carbocycles. The van der Waals surface area contributed by atoms with Gasteiger partial charge in [0.1, 0.15) is 5.69 Å². The minimum atomic E-state index is -0.363. The Hall–Kier alpha value is -2.06. The summed E-state index contributed by atoms with van der Waals surface area (Å²) in [5, 5.41) is 9.20. The Balaban J connectivity index is 1.60. The molecule has 128 valence electrons. The van der Waals surface area contributed by atoms with E-state index in [1.54, 1.807) is 0 Å². The van der Waals surface area contributed by atoms with Gasteiger partial charge in [-0.3, -0.25) is 19.8 Å². The van der Waals surface area contributed by atoms with Gasteiger partial charge in [0.15, 0.2) is 5.13 Å². The summed E-state index contributed by atoms with van der Waals surface area (Å²) in [4.78, 5) is 30.4. The van der Waals surface area contributed by atoms with E-state index < -0.39 is 0 Å². The van der Waals surface area contributed by atoms with Crippen molar-refractivity contribution < 1.29 is 4.79 Å². The average molecular weight is 347 g/mol. The van der Waals surface area contributed by atoms with Gasteiger partial charge < -0.3 is 0 Å². The van der Waals surface area contributed by atoms with Gasteiger partial charge in [0, 0.05) is 25.0 Å². The number of piperidine rings is 1. The molecule has 1 saturated heterocycles. The highest BCUT2D eigenvalue weighted by Crippen LogP contribution is 2.21. The maximum atomic E-state index is 12.2. The number of rotatable bonds is 4. The standard InChI is InChI=1S/C16H21N5O2S/c1-11-5-7-21(8-6-11)9-12-10-24-16(17-12)18-15(23)13-3-4-14(22)20(2)19-13/h3-4,10-11H,5-9H2,1-2H3,(H,17,18,23). The molecule has 0 unspecified atom stereocenters. The Labute approximate surface area is 144 Å². The molecule has 7 nitrogen and oxygen atoms in total. The number of nitrogens with one attached hydrogen (secondary N) is 1. The fraction of sp³-hybridized carbons (Fsp3) is 0.500. The van der Waals surface area contributed by atoms with Crippen LogP contribution in [0.25, 0.3) is 0 Å². The van der Waals surface area contributed by atoms with Crippen LogP contribution in [0.4, 0.5) is 5.13 Å². The summed E-state index contributed by atoms with van der Waals surface area (Å²) in [5.74, 6) is 0.444. The van der Waals surface area contributed by atoms with E-state index in [9.17, 15) is 9.59 Å². The van der Waals surface area contributed by atoms with E-state index >= 15 is 0 Å². The second kappa shape index (κ2) is 7.23. The highest BCUT2D eigenvalue weighted by Gasteiger charge is 2.17. The summed E-state index contributed by atoms with van der Waals surface area (Å²) in [6.45, 7) is 5.31. The van der Waals surface area contributed by atoms with Crippen molar-refractivity contribution in [1.82, 2.24) is 19.7 Å². The SMILES string of the molecule is CC1CCN(Cc2csc(NC(=O)c3ccc(=O)n(C)n3)n2)CC1. The van der Waals surface area contributed by atoms with E-state index in [0.29, 0.717) is 5.13 Å². The molecule has 1 N–H and O–H groups in total. The lowest BCUT2D eigenvalue weighted by Crippen LogP contribution is -2.32. The Morgan fingerprint density at radius 2 is 2.12 bits per heavy atom. The van der Waals surface area contributed by atoms with Crippen LogP contribution in [0.1, 0.15) is 35.9 Å². The first-order valence-electron chi connectivity index (χ1n) is 8.04. The number of carbonyl (C=O) groups is 1. The number of hydrogen-bond donors (Lipinski definition) is 1. The Bertz CT molecular complexity index is 777. The van der Waals surface area contributed by atoms with Crippen molar-refractivity contribution in [3.63, 3.8) is 0 Å². The molecule has 1 amide bonds. The Morgan fingerprint density at radius 1 is 1.38 bits per heavy atom. The van der Waals surface area contributed by atoms with Crippen LogP contribution in [-0.2, 0) is 13.6 Å². The van der Waals surface area contributed by atoms with Gasteiger partial charge in [-0.2, -0.15) is 5.10 Å². The largest absolute Gasteiger partial charge is 0.297 e. The van der Waals surface area contributed by atoms with E-state index in [4.69, 9.17) is 0 Å². The van der Waals surface area contributed by atoms with Crippen LogP contribution in [0.2, 0.25) is 0 Å². The van der Waals surface area contributed by atoms with Crippen LogP contribution < -0.4 is 10.9 Å². The number of amides is 1. The number of carbonyl (C=O) groups excluding carboxylic acids is 1. The number of aryl methyl sites for hydroxylation is 1. The maximum Gasteiger partial charge on any atom is 0.277 e. The summed E-state index contributed by atoms with van der Waals surface area (Å²) in [6.07, 6.45) is 2.46. The van der Waals surface area contributed by atoms with Gasteiger partial charge in [0.25, 0.3) is 11.5 Å². The number of hydrogen-bond acceptors (Lipinski definition) is 6. The first kappa shape index (κ1) is 16.8. The third-order valence-corrected chi connectivity index (χ3v) is 5.03. The first-order chi connectivity index (χ1) is 11.5. The van der Waals surface area contributed by atoms with Gasteiger partial charge >= 0.3 is 0 Å². The molecule has 2 aromatic rings. The van der Waals surface area contributed by atoms with Crippen LogP contribution in [0.15, 0.2) is 22.3 Å². The summed E-state index contributed by atoms with van der Waals surface area (Å²) in [5.41, 5.74) is 0.913. The number of thiazole rings is 1. The molecule has 1 aliphatic rings. The zero-order valence-electron chi connectivity index (χ0n) is 13.9. The minimum absolute atomic E-state index is 0.193. The van der Waals surface area contributed by atoms with Gasteiger partial charge in [0.2, 0.25) is 0 Å². The maximum absolute atomic E-state index is 12.2. The van der Waals surface area contributed by atoms with Crippen molar-refractivity contribution in [3.05, 3.63) is 39.3 Å². The topological polar surface area (TPSA) is 80.1 Å². The molecule has 0 aromatic carbocycles. The van der Waals surface area contributed by atoms with Crippen LogP contribution in [0.5, 0.6) is 0 Å². The van der Waals surface area contributed by atoms with E-state index in [2.05, 4.69) is 27.2 Å². The zero-order chi connectivity index (χ0) is 17.1. The molecule has 0 spiro atoms. The van der Waals surface area contributed by atoms with Gasteiger partial charge in [-0.15, -0.1) is 11.3 Å². The molecule has 2 aromatic heterocycles. The van der Waals surface area contributed by atoms with Crippen molar-refractivity contribution in [2.24, 2.45) is 13.0 Å². The molecule has 24 heavy (non-hydrogen) atoms. The van der Waals surface area contributed by atoms with Crippen molar-refractivity contribution in [1.29, 1.82) is 0 Å². The lowest BCUT2D eigenvalue weighted by molar-refractivity contribution is 0.102. The van der Waals surface area contributed by atoms with Crippen LogP contribution in [0, 0.1) is 5.92 Å². The molecule has 1 fully saturated rings. The lowest BCUT2D eigenvalue weighted by atomic mass is 9.99. The van der Waals surface area contributed by atoms with Crippen LogP contribution >= 0.6 is 11.3 Å². The normalized spacial score (nSPS) is 16.2. The first-order valence-corrected chi connectivity index (χ1v) is 8.91.